The first-order valence-electron chi connectivity index (χ1n) is 9.36. The van der Waals surface area contributed by atoms with Gasteiger partial charge in [-0.15, -0.1) is 0 Å². The number of nitrogens with zero attached hydrogens (tertiary/aromatic N) is 2. The van der Waals surface area contributed by atoms with Gasteiger partial charge in [-0.05, 0) is 31.0 Å². The number of fused-ring (bicyclic) bond motifs is 1. The van der Waals surface area contributed by atoms with Crippen LogP contribution in [0.4, 0.5) is 0 Å². The summed E-state index contributed by atoms with van der Waals surface area (Å²) in [5.74, 6) is 1.20. The summed E-state index contributed by atoms with van der Waals surface area (Å²) in [5, 5.41) is 2.99. The third-order valence-corrected chi connectivity index (χ3v) is 4.74. The van der Waals surface area contributed by atoms with Crippen LogP contribution >= 0.6 is 0 Å². The van der Waals surface area contributed by atoms with E-state index in [1.165, 1.54) is 5.56 Å². The molecule has 4 nitrogen and oxygen atoms in total. The van der Waals surface area contributed by atoms with Gasteiger partial charge in [0, 0.05) is 18.9 Å². The van der Waals surface area contributed by atoms with E-state index in [1.807, 2.05) is 26.0 Å². The van der Waals surface area contributed by atoms with Crippen molar-refractivity contribution in [1.29, 1.82) is 0 Å². The average Bonchev–Trinajstić information content (AvgIpc) is 3.03. The number of imidazole rings is 1. The Morgan fingerprint density at radius 1 is 1.04 bits per heavy atom. The summed E-state index contributed by atoms with van der Waals surface area (Å²) in [4.78, 5) is 16.6. The normalized spacial score (nSPS) is 12.5. The van der Waals surface area contributed by atoms with E-state index in [4.69, 9.17) is 4.98 Å². The van der Waals surface area contributed by atoms with E-state index < -0.39 is 0 Å². The summed E-state index contributed by atoms with van der Waals surface area (Å²) in [6.45, 7) is 6.72. The minimum Gasteiger partial charge on any atom is -0.356 e. The second-order valence-corrected chi connectivity index (χ2v) is 7.02. The highest BCUT2D eigenvalue weighted by atomic mass is 16.1. The Bertz CT molecular complexity index is 867. The maximum absolute atomic E-state index is 11.7. The molecule has 1 amide bonds. The summed E-state index contributed by atoms with van der Waals surface area (Å²) >= 11 is 0. The number of aromatic nitrogens is 2. The maximum Gasteiger partial charge on any atom is 0.222 e. The summed E-state index contributed by atoms with van der Waals surface area (Å²) in [6, 6.07) is 19.0. The number of hydrogen-bond donors (Lipinski definition) is 1. The van der Waals surface area contributed by atoms with Crippen LogP contribution in [0.5, 0.6) is 0 Å². The number of aryl methyl sites for hydroxylation is 1. The molecule has 1 atom stereocenters. The molecule has 0 aliphatic heterocycles. The molecule has 1 aromatic heterocycles. The fourth-order valence-corrected chi connectivity index (χ4v) is 3.25. The molecule has 2 aromatic carbocycles. The second kappa shape index (κ2) is 8.17. The Labute approximate surface area is 155 Å². The van der Waals surface area contributed by atoms with Gasteiger partial charge in [0.2, 0.25) is 5.91 Å². The maximum atomic E-state index is 11.7. The molecule has 1 heterocycles. The second-order valence-electron chi connectivity index (χ2n) is 7.02. The first-order chi connectivity index (χ1) is 12.6. The zero-order chi connectivity index (χ0) is 18.5. The SMILES string of the molecule is CC(C)C(=O)NCCCc1nc2ccccc2n1C(C)c1ccccc1. The molecule has 1 N–H and O–H groups in total. The number of hydrogen-bond acceptors (Lipinski definition) is 2. The molecule has 1 unspecified atom stereocenters. The highest BCUT2D eigenvalue weighted by Crippen LogP contribution is 2.26. The van der Waals surface area contributed by atoms with Crippen LogP contribution in [0.1, 0.15) is 44.6 Å². The van der Waals surface area contributed by atoms with Crippen LogP contribution in [0.15, 0.2) is 54.6 Å². The lowest BCUT2D eigenvalue weighted by atomic mass is 10.1. The van der Waals surface area contributed by atoms with E-state index in [0.717, 1.165) is 29.7 Å². The molecule has 0 bridgehead atoms. The molecule has 136 valence electrons. The van der Waals surface area contributed by atoms with Gasteiger partial charge in [-0.3, -0.25) is 4.79 Å². The van der Waals surface area contributed by atoms with E-state index in [1.54, 1.807) is 0 Å². The first-order valence-corrected chi connectivity index (χ1v) is 9.36. The van der Waals surface area contributed by atoms with Crippen molar-refractivity contribution in [2.75, 3.05) is 6.54 Å². The topological polar surface area (TPSA) is 46.9 Å². The number of nitrogens with one attached hydrogen (secondary N) is 1. The highest BCUT2D eigenvalue weighted by Gasteiger charge is 2.17. The van der Waals surface area contributed by atoms with Crippen molar-refractivity contribution in [1.82, 2.24) is 14.9 Å². The van der Waals surface area contributed by atoms with E-state index in [2.05, 4.69) is 59.3 Å². The number of benzene rings is 2. The molecule has 0 saturated carbocycles. The molecule has 0 spiro atoms. The van der Waals surface area contributed by atoms with Gasteiger partial charge < -0.3 is 9.88 Å². The van der Waals surface area contributed by atoms with Gasteiger partial charge in [0.25, 0.3) is 0 Å². The van der Waals surface area contributed by atoms with E-state index in [9.17, 15) is 4.79 Å². The van der Waals surface area contributed by atoms with Gasteiger partial charge >= 0.3 is 0 Å². The standard InChI is InChI=1S/C22H27N3O/c1-16(2)22(26)23-15-9-14-21-24-19-12-7-8-13-20(19)25(21)17(3)18-10-5-4-6-11-18/h4-8,10-13,16-17H,9,14-15H2,1-3H3,(H,23,26). The fraction of sp³-hybridized carbons (Fsp3) is 0.364. The van der Waals surface area contributed by atoms with Gasteiger partial charge in [0.15, 0.2) is 0 Å². The number of amides is 1. The van der Waals surface area contributed by atoms with Crippen molar-refractivity contribution in [2.24, 2.45) is 5.92 Å². The summed E-state index contributed by atoms with van der Waals surface area (Å²) in [6.07, 6.45) is 1.72. The van der Waals surface area contributed by atoms with Crippen LogP contribution in [0.2, 0.25) is 0 Å². The fourth-order valence-electron chi connectivity index (χ4n) is 3.25. The molecule has 4 heteroatoms. The molecule has 26 heavy (non-hydrogen) atoms. The zero-order valence-electron chi connectivity index (χ0n) is 15.8. The Morgan fingerprint density at radius 2 is 1.73 bits per heavy atom. The van der Waals surface area contributed by atoms with Crippen LogP contribution < -0.4 is 5.32 Å². The first kappa shape index (κ1) is 18.2. The van der Waals surface area contributed by atoms with Crippen molar-refractivity contribution >= 4 is 16.9 Å². The molecule has 3 rings (SSSR count). The summed E-state index contributed by atoms with van der Waals surface area (Å²) < 4.78 is 2.33. The molecule has 3 aromatic rings. The van der Waals surface area contributed by atoms with Crippen molar-refractivity contribution in [2.45, 2.75) is 39.7 Å². The number of para-hydroxylation sites is 2. The molecular weight excluding hydrogens is 322 g/mol. The van der Waals surface area contributed by atoms with Gasteiger partial charge in [-0.1, -0.05) is 56.3 Å². The molecule has 0 radical (unpaired) electrons. The number of carbonyl (C=O) groups excluding carboxylic acids is 1. The molecular formula is C22H27N3O. The Morgan fingerprint density at radius 3 is 2.46 bits per heavy atom. The highest BCUT2D eigenvalue weighted by molar-refractivity contribution is 5.78. The van der Waals surface area contributed by atoms with Crippen LogP contribution in [0, 0.1) is 5.92 Å². The minimum absolute atomic E-state index is 0.0256. The number of rotatable bonds is 7. The smallest absolute Gasteiger partial charge is 0.222 e. The van der Waals surface area contributed by atoms with E-state index in [-0.39, 0.29) is 17.9 Å². The predicted molar refractivity (Wildman–Crippen MR) is 106 cm³/mol. The Balaban J connectivity index is 1.82. The van der Waals surface area contributed by atoms with Crippen molar-refractivity contribution in [3.63, 3.8) is 0 Å². The van der Waals surface area contributed by atoms with Gasteiger partial charge in [0.05, 0.1) is 17.1 Å². The van der Waals surface area contributed by atoms with Crippen LogP contribution in [0.3, 0.4) is 0 Å². The largest absolute Gasteiger partial charge is 0.356 e. The third kappa shape index (κ3) is 3.96. The van der Waals surface area contributed by atoms with Crippen LogP contribution in [-0.4, -0.2) is 22.0 Å². The van der Waals surface area contributed by atoms with Crippen molar-refractivity contribution in [3.05, 3.63) is 66.0 Å². The molecule has 0 saturated heterocycles. The predicted octanol–water partition coefficient (Wildman–Crippen LogP) is 4.35. The van der Waals surface area contributed by atoms with Gasteiger partial charge in [0.1, 0.15) is 5.82 Å². The Hall–Kier alpha value is -2.62. The van der Waals surface area contributed by atoms with Crippen molar-refractivity contribution < 1.29 is 4.79 Å². The lowest BCUT2D eigenvalue weighted by molar-refractivity contribution is -0.123. The number of carbonyl (C=O) groups is 1. The lowest BCUT2D eigenvalue weighted by Crippen LogP contribution is -2.29. The molecule has 0 aliphatic carbocycles. The van der Waals surface area contributed by atoms with Gasteiger partial charge in [-0.25, -0.2) is 4.98 Å². The summed E-state index contributed by atoms with van der Waals surface area (Å²) in [7, 11) is 0. The van der Waals surface area contributed by atoms with E-state index >= 15 is 0 Å². The third-order valence-electron chi connectivity index (χ3n) is 4.74. The zero-order valence-corrected chi connectivity index (χ0v) is 15.8. The van der Waals surface area contributed by atoms with Gasteiger partial charge in [-0.2, -0.15) is 0 Å². The summed E-state index contributed by atoms with van der Waals surface area (Å²) in [5.41, 5.74) is 3.45. The molecule has 0 fully saturated rings. The van der Waals surface area contributed by atoms with Crippen LogP contribution in [-0.2, 0) is 11.2 Å². The van der Waals surface area contributed by atoms with Crippen LogP contribution in [0.25, 0.3) is 11.0 Å². The average molecular weight is 349 g/mol. The Kier molecular flexibility index (Phi) is 5.71. The minimum atomic E-state index is 0.0256. The van der Waals surface area contributed by atoms with Crippen molar-refractivity contribution in [3.8, 4) is 0 Å². The molecule has 0 aliphatic rings. The monoisotopic (exact) mass is 349 g/mol. The van der Waals surface area contributed by atoms with E-state index in [0.29, 0.717) is 6.54 Å². The quantitative estimate of drug-likeness (QED) is 0.645. The lowest BCUT2D eigenvalue weighted by Gasteiger charge is -2.18.